The molecule has 0 heterocycles. The summed E-state index contributed by atoms with van der Waals surface area (Å²) in [6, 6.07) is 9.51. The molecule has 0 radical (unpaired) electrons. The number of ether oxygens (including phenoxy) is 2. The molecule has 1 N–H and O–H groups in total. The number of hydrogen-bond donors (Lipinski definition) is 1. The van der Waals surface area contributed by atoms with Crippen LogP contribution in [0.4, 0.5) is 0 Å². The zero-order chi connectivity index (χ0) is 11.8. The lowest BCUT2D eigenvalue weighted by Gasteiger charge is -2.12. The minimum absolute atomic E-state index is 0.225. The van der Waals surface area contributed by atoms with Gasteiger partial charge in [0.2, 0.25) is 0 Å². The Labute approximate surface area is 97.0 Å². The van der Waals surface area contributed by atoms with Crippen LogP contribution in [-0.4, -0.2) is 31.0 Å². The second-order valence-corrected chi connectivity index (χ2v) is 3.92. The van der Waals surface area contributed by atoms with E-state index in [0.717, 1.165) is 5.56 Å². The number of rotatable bonds is 7. The predicted octanol–water partition coefficient (Wildman–Crippen LogP) is 2.16. The lowest BCUT2D eigenvalue weighted by Crippen LogP contribution is -2.13. The molecule has 1 atom stereocenters. The molecule has 0 aliphatic rings. The number of aliphatic hydroxyl groups is 1. The van der Waals surface area contributed by atoms with E-state index in [1.807, 2.05) is 44.2 Å². The van der Waals surface area contributed by atoms with Gasteiger partial charge in [-0.15, -0.1) is 0 Å². The fourth-order valence-electron chi connectivity index (χ4n) is 1.31. The van der Waals surface area contributed by atoms with Gasteiger partial charge < -0.3 is 14.6 Å². The maximum Gasteiger partial charge on any atom is 0.102 e. The van der Waals surface area contributed by atoms with Crippen LogP contribution >= 0.6 is 0 Å². The van der Waals surface area contributed by atoms with Crippen molar-refractivity contribution >= 4 is 0 Å². The van der Waals surface area contributed by atoms with Crippen LogP contribution < -0.4 is 0 Å². The summed E-state index contributed by atoms with van der Waals surface area (Å²) in [5.41, 5.74) is 0.882. The Morgan fingerprint density at radius 2 is 1.81 bits per heavy atom. The van der Waals surface area contributed by atoms with E-state index in [-0.39, 0.29) is 6.10 Å². The smallest absolute Gasteiger partial charge is 0.102 e. The molecule has 1 rings (SSSR count). The van der Waals surface area contributed by atoms with E-state index >= 15 is 0 Å². The summed E-state index contributed by atoms with van der Waals surface area (Å²) < 4.78 is 10.6. The molecule has 0 amide bonds. The Hall–Kier alpha value is -0.900. The molecule has 3 nitrogen and oxygen atoms in total. The van der Waals surface area contributed by atoms with Gasteiger partial charge >= 0.3 is 0 Å². The van der Waals surface area contributed by atoms with E-state index in [2.05, 4.69) is 0 Å². The standard InChI is InChI=1S/C13H20O3/c1-11(2)16-9-8-15-10-13(14)12-6-4-3-5-7-12/h3-7,11,13-14H,8-10H2,1-2H3. The summed E-state index contributed by atoms with van der Waals surface area (Å²) in [7, 11) is 0. The highest BCUT2D eigenvalue weighted by Crippen LogP contribution is 2.11. The van der Waals surface area contributed by atoms with Crippen LogP contribution in [0.2, 0.25) is 0 Å². The fourth-order valence-corrected chi connectivity index (χ4v) is 1.31. The first-order valence-electron chi connectivity index (χ1n) is 5.62. The molecule has 0 bridgehead atoms. The highest BCUT2D eigenvalue weighted by molar-refractivity contribution is 5.17. The molecule has 0 aromatic heterocycles. The molecule has 16 heavy (non-hydrogen) atoms. The molecule has 1 aromatic rings. The summed E-state index contributed by atoms with van der Waals surface area (Å²) >= 11 is 0. The maximum absolute atomic E-state index is 9.76. The van der Waals surface area contributed by atoms with Crippen LogP contribution in [0.1, 0.15) is 25.5 Å². The van der Waals surface area contributed by atoms with E-state index in [4.69, 9.17) is 9.47 Å². The monoisotopic (exact) mass is 224 g/mol. The third kappa shape index (κ3) is 5.26. The summed E-state index contributed by atoms with van der Waals surface area (Å²) in [6.45, 7) is 5.37. The first-order valence-corrected chi connectivity index (χ1v) is 5.62. The van der Waals surface area contributed by atoms with Gasteiger partial charge in [0.1, 0.15) is 6.10 Å². The Kier molecular flexibility index (Phi) is 6.08. The SMILES string of the molecule is CC(C)OCCOCC(O)c1ccccc1. The van der Waals surface area contributed by atoms with E-state index in [1.165, 1.54) is 0 Å². The van der Waals surface area contributed by atoms with Crippen molar-refractivity contribution in [1.29, 1.82) is 0 Å². The van der Waals surface area contributed by atoms with Gasteiger partial charge in [-0.25, -0.2) is 0 Å². The molecule has 0 fully saturated rings. The Morgan fingerprint density at radius 3 is 2.44 bits per heavy atom. The van der Waals surface area contributed by atoms with Crippen LogP contribution in [0.3, 0.4) is 0 Å². The van der Waals surface area contributed by atoms with Gasteiger partial charge in [-0.1, -0.05) is 30.3 Å². The molecular weight excluding hydrogens is 204 g/mol. The normalized spacial score (nSPS) is 13.0. The van der Waals surface area contributed by atoms with Crippen molar-refractivity contribution < 1.29 is 14.6 Å². The van der Waals surface area contributed by atoms with Crippen LogP contribution in [0, 0.1) is 0 Å². The van der Waals surface area contributed by atoms with Gasteiger partial charge in [-0.3, -0.25) is 0 Å². The van der Waals surface area contributed by atoms with Gasteiger partial charge in [0.15, 0.2) is 0 Å². The summed E-state index contributed by atoms with van der Waals surface area (Å²) in [6.07, 6.45) is -0.331. The summed E-state index contributed by atoms with van der Waals surface area (Å²) in [5.74, 6) is 0. The van der Waals surface area contributed by atoms with Crippen molar-refractivity contribution in [2.24, 2.45) is 0 Å². The third-order valence-electron chi connectivity index (χ3n) is 2.14. The summed E-state index contributed by atoms with van der Waals surface area (Å²) in [4.78, 5) is 0. The average molecular weight is 224 g/mol. The molecule has 0 saturated carbocycles. The van der Waals surface area contributed by atoms with Crippen LogP contribution in [0.25, 0.3) is 0 Å². The Balaban J connectivity index is 2.14. The lowest BCUT2D eigenvalue weighted by molar-refractivity contribution is -0.0110. The zero-order valence-corrected chi connectivity index (χ0v) is 9.93. The van der Waals surface area contributed by atoms with E-state index in [1.54, 1.807) is 0 Å². The lowest BCUT2D eigenvalue weighted by atomic mass is 10.1. The minimum atomic E-state index is -0.555. The Bertz CT molecular complexity index is 272. The van der Waals surface area contributed by atoms with Gasteiger partial charge in [0.25, 0.3) is 0 Å². The highest BCUT2D eigenvalue weighted by Gasteiger charge is 2.06. The van der Waals surface area contributed by atoms with Gasteiger partial charge in [-0.05, 0) is 19.4 Å². The van der Waals surface area contributed by atoms with Gasteiger partial charge in [0, 0.05) is 0 Å². The first-order chi connectivity index (χ1) is 7.70. The van der Waals surface area contributed by atoms with Crippen LogP contribution in [0.15, 0.2) is 30.3 Å². The van der Waals surface area contributed by atoms with Crippen molar-refractivity contribution in [2.45, 2.75) is 26.1 Å². The van der Waals surface area contributed by atoms with Gasteiger partial charge in [0.05, 0.1) is 25.9 Å². The van der Waals surface area contributed by atoms with E-state index < -0.39 is 6.10 Å². The molecule has 0 spiro atoms. The number of aliphatic hydroxyl groups excluding tert-OH is 1. The fraction of sp³-hybridized carbons (Fsp3) is 0.538. The highest BCUT2D eigenvalue weighted by atomic mass is 16.5. The molecule has 3 heteroatoms. The summed E-state index contributed by atoms with van der Waals surface area (Å²) in [5, 5.41) is 9.76. The van der Waals surface area contributed by atoms with Gasteiger partial charge in [-0.2, -0.15) is 0 Å². The topological polar surface area (TPSA) is 38.7 Å². The van der Waals surface area contributed by atoms with E-state index in [0.29, 0.717) is 19.8 Å². The average Bonchev–Trinajstić information content (AvgIpc) is 2.29. The van der Waals surface area contributed by atoms with Crippen molar-refractivity contribution in [3.63, 3.8) is 0 Å². The minimum Gasteiger partial charge on any atom is -0.386 e. The molecule has 0 aliphatic carbocycles. The molecule has 0 saturated heterocycles. The van der Waals surface area contributed by atoms with Crippen molar-refractivity contribution in [3.8, 4) is 0 Å². The zero-order valence-electron chi connectivity index (χ0n) is 9.93. The largest absolute Gasteiger partial charge is 0.386 e. The third-order valence-corrected chi connectivity index (χ3v) is 2.14. The number of hydrogen-bond acceptors (Lipinski definition) is 3. The van der Waals surface area contributed by atoms with Crippen molar-refractivity contribution in [1.82, 2.24) is 0 Å². The molecule has 0 aliphatic heterocycles. The second-order valence-electron chi connectivity index (χ2n) is 3.92. The maximum atomic E-state index is 9.76. The van der Waals surface area contributed by atoms with Crippen molar-refractivity contribution in [3.05, 3.63) is 35.9 Å². The van der Waals surface area contributed by atoms with Crippen LogP contribution in [0.5, 0.6) is 0 Å². The Morgan fingerprint density at radius 1 is 1.12 bits per heavy atom. The second kappa shape index (κ2) is 7.39. The predicted molar refractivity (Wildman–Crippen MR) is 63.3 cm³/mol. The quantitative estimate of drug-likeness (QED) is 0.721. The number of benzene rings is 1. The van der Waals surface area contributed by atoms with Crippen molar-refractivity contribution in [2.75, 3.05) is 19.8 Å². The molecule has 1 unspecified atom stereocenters. The first kappa shape index (κ1) is 13.2. The van der Waals surface area contributed by atoms with E-state index in [9.17, 15) is 5.11 Å². The molecule has 1 aromatic carbocycles. The molecular formula is C13H20O3. The molecule has 90 valence electrons. The van der Waals surface area contributed by atoms with Crippen LogP contribution in [-0.2, 0) is 9.47 Å².